The zero-order valence-corrected chi connectivity index (χ0v) is 23.2. The number of oxazole rings is 1. The Hall–Kier alpha value is -3.52. The Bertz CT molecular complexity index is 1490. The molecule has 39 heavy (non-hydrogen) atoms. The first kappa shape index (κ1) is 28.5. The van der Waals surface area contributed by atoms with Gasteiger partial charge in [-0.2, -0.15) is 9.29 Å². The van der Waals surface area contributed by atoms with E-state index in [1.807, 2.05) is 44.2 Å². The van der Waals surface area contributed by atoms with E-state index in [1.54, 1.807) is 11.7 Å². The van der Waals surface area contributed by atoms with Gasteiger partial charge in [-0.05, 0) is 30.0 Å². The monoisotopic (exact) mass is 573 g/mol. The number of nitrogen functional groups attached to an aromatic ring is 1. The molecule has 0 aliphatic carbocycles. The normalized spacial score (nSPS) is 13.7. The van der Waals surface area contributed by atoms with E-state index in [0.29, 0.717) is 10.4 Å². The summed E-state index contributed by atoms with van der Waals surface area (Å²) in [6.07, 6.45) is -0.803. The van der Waals surface area contributed by atoms with Crippen molar-refractivity contribution in [2.24, 2.45) is 5.92 Å². The maximum Gasteiger partial charge on any atom is 0.407 e. The number of aromatic nitrogens is 2. The van der Waals surface area contributed by atoms with Crippen LogP contribution in [0.4, 0.5) is 10.8 Å². The first-order valence-electron chi connectivity index (χ1n) is 12.3. The van der Waals surface area contributed by atoms with Crippen LogP contribution < -0.4 is 5.73 Å². The SMILES string of the molecule is CC(C)CN(C[C@@H](O)[C@@H](Cc1ccccc1)N(Cc1cncs1)C(=O)O)S(=O)(=O)c1ccc2nc(N)oc2c1. The Morgan fingerprint density at radius 3 is 2.54 bits per heavy atom. The molecular formula is C26H31N5O6S2. The summed E-state index contributed by atoms with van der Waals surface area (Å²) < 4.78 is 34.1. The fourth-order valence-electron chi connectivity index (χ4n) is 4.37. The van der Waals surface area contributed by atoms with Crippen LogP contribution in [0.5, 0.6) is 0 Å². The molecule has 4 N–H and O–H groups in total. The Morgan fingerprint density at radius 2 is 1.90 bits per heavy atom. The van der Waals surface area contributed by atoms with Gasteiger partial charge in [-0.15, -0.1) is 11.3 Å². The quantitative estimate of drug-likeness (QED) is 0.229. The molecular weight excluding hydrogens is 542 g/mol. The lowest BCUT2D eigenvalue weighted by Crippen LogP contribution is -2.52. The van der Waals surface area contributed by atoms with Gasteiger partial charge in [0.25, 0.3) is 6.01 Å². The second-order valence-electron chi connectivity index (χ2n) is 9.60. The number of nitrogens with zero attached hydrogens (tertiary/aromatic N) is 4. The predicted octanol–water partition coefficient (Wildman–Crippen LogP) is 3.67. The smallest absolute Gasteiger partial charge is 0.407 e. The number of hydrogen-bond donors (Lipinski definition) is 3. The van der Waals surface area contributed by atoms with Gasteiger partial charge in [-0.1, -0.05) is 44.2 Å². The van der Waals surface area contributed by atoms with E-state index < -0.39 is 28.3 Å². The highest BCUT2D eigenvalue weighted by molar-refractivity contribution is 7.89. The zero-order valence-electron chi connectivity index (χ0n) is 21.5. The molecule has 13 heteroatoms. The molecule has 0 aliphatic rings. The van der Waals surface area contributed by atoms with E-state index in [-0.39, 0.29) is 48.5 Å². The van der Waals surface area contributed by atoms with Crippen LogP contribution in [0.3, 0.4) is 0 Å². The lowest BCUT2D eigenvalue weighted by Gasteiger charge is -2.35. The molecule has 2 heterocycles. The summed E-state index contributed by atoms with van der Waals surface area (Å²) in [6, 6.07) is 12.4. The zero-order chi connectivity index (χ0) is 28.2. The largest absolute Gasteiger partial charge is 0.465 e. The van der Waals surface area contributed by atoms with Gasteiger partial charge in [0, 0.05) is 30.2 Å². The van der Waals surface area contributed by atoms with Crippen molar-refractivity contribution in [3.8, 4) is 0 Å². The molecule has 2 aromatic heterocycles. The van der Waals surface area contributed by atoms with E-state index in [9.17, 15) is 23.4 Å². The number of hydrogen-bond acceptors (Lipinski definition) is 9. The summed E-state index contributed by atoms with van der Waals surface area (Å²) in [4.78, 5) is 22.2. The van der Waals surface area contributed by atoms with Crippen molar-refractivity contribution in [1.82, 2.24) is 19.2 Å². The van der Waals surface area contributed by atoms with Crippen molar-refractivity contribution in [3.05, 3.63) is 70.7 Å². The van der Waals surface area contributed by atoms with E-state index in [2.05, 4.69) is 9.97 Å². The molecule has 0 spiro atoms. The number of nitrogens with two attached hydrogens (primary N) is 1. The van der Waals surface area contributed by atoms with Gasteiger partial charge >= 0.3 is 6.09 Å². The highest BCUT2D eigenvalue weighted by Gasteiger charge is 2.35. The molecule has 4 aromatic rings. The number of anilines is 1. The van der Waals surface area contributed by atoms with Crippen molar-refractivity contribution < 1.29 is 27.8 Å². The van der Waals surface area contributed by atoms with E-state index in [0.717, 1.165) is 10.5 Å². The van der Waals surface area contributed by atoms with Crippen LogP contribution in [0.2, 0.25) is 0 Å². The summed E-state index contributed by atoms with van der Waals surface area (Å²) >= 11 is 1.30. The topological polar surface area (TPSA) is 163 Å². The third-order valence-electron chi connectivity index (χ3n) is 6.16. The van der Waals surface area contributed by atoms with Crippen LogP contribution in [-0.4, -0.2) is 69.1 Å². The highest BCUT2D eigenvalue weighted by atomic mass is 32.2. The molecule has 0 unspecified atom stereocenters. The standard InChI is InChI=1S/C26H31N5O6S2/c1-17(2)13-30(39(35,36)20-8-9-21-24(11-20)37-25(27)29-21)15-23(32)22(10-18-6-4-3-5-7-18)31(26(33)34)14-19-12-28-16-38-19/h3-9,11-12,16-17,22-23,32H,10,13-15H2,1-2H3,(H2,27,29)(H,33,34)/t22-,23-/m1/s1. The summed E-state index contributed by atoms with van der Waals surface area (Å²) in [7, 11) is -4.10. The van der Waals surface area contributed by atoms with Crippen LogP contribution >= 0.6 is 11.3 Å². The summed E-state index contributed by atoms with van der Waals surface area (Å²) in [5, 5.41) is 21.6. The van der Waals surface area contributed by atoms with E-state index >= 15 is 0 Å². The van der Waals surface area contributed by atoms with E-state index in [4.69, 9.17) is 10.2 Å². The Balaban J connectivity index is 1.67. The number of fused-ring (bicyclic) bond motifs is 1. The molecule has 0 fully saturated rings. The van der Waals surface area contributed by atoms with Crippen LogP contribution in [0.1, 0.15) is 24.3 Å². The number of thiazole rings is 1. The second-order valence-corrected chi connectivity index (χ2v) is 12.5. The first-order chi connectivity index (χ1) is 18.5. The van der Waals surface area contributed by atoms with Crippen molar-refractivity contribution in [2.75, 3.05) is 18.8 Å². The summed E-state index contributed by atoms with van der Waals surface area (Å²) in [5.74, 6) is -0.0722. The van der Waals surface area contributed by atoms with Crippen molar-refractivity contribution in [2.45, 2.75) is 43.9 Å². The molecule has 2 atom stereocenters. The third kappa shape index (κ3) is 6.92. The number of sulfonamides is 1. The minimum atomic E-state index is -4.10. The molecule has 4 rings (SSSR count). The molecule has 0 aliphatic heterocycles. The molecule has 2 aromatic carbocycles. The van der Waals surface area contributed by atoms with Gasteiger partial charge in [-0.25, -0.2) is 13.2 Å². The third-order valence-corrected chi connectivity index (χ3v) is 8.75. The number of carboxylic acid groups (broad SMARTS) is 1. The van der Waals surface area contributed by atoms with Crippen LogP contribution in [0.15, 0.2) is 69.6 Å². The number of carbonyl (C=O) groups is 1. The van der Waals surface area contributed by atoms with E-state index in [1.165, 1.54) is 33.8 Å². The van der Waals surface area contributed by atoms with Gasteiger partial charge in [-0.3, -0.25) is 9.88 Å². The summed E-state index contributed by atoms with van der Waals surface area (Å²) in [5.41, 5.74) is 8.67. The molecule has 0 bridgehead atoms. The second kappa shape index (κ2) is 12.1. The number of benzene rings is 2. The van der Waals surface area contributed by atoms with Crippen LogP contribution in [0, 0.1) is 5.92 Å². The van der Waals surface area contributed by atoms with Gasteiger partial charge in [0.1, 0.15) is 5.52 Å². The Kier molecular flexibility index (Phi) is 8.85. The average molecular weight is 574 g/mol. The van der Waals surface area contributed by atoms with Crippen molar-refractivity contribution >= 4 is 44.6 Å². The van der Waals surface area contributed by atoms with Gasteiger partial charge in [0.15, 0.2) is 5.58 Å². The van der Waals surface area contributed by atoms with Crippen molar-refractivity contribution in [3.63, 3.8) is 0 Å². The molecule has 208 valence electrons. The minimum absolute atomic E-state index is 0.00900. The molecule has 11 nitrogen and oxygen atoms in total. The average Bonchev–Trinajstić information content (AvgIpc) is 3.53. The van der Waals surface area contributed by atoms with Crippen LogP contribution in [0.25, 0.3) is 11.1 Å². The van der Waals surface area contributed by atoms with Gasteiger partial charge < -0.3 is 20.4 Å². The Labute approximate surface area is 230 Å². The lowest BCUT2D eigenvalue weighted by atomic mass is 9.99. The number of aliphatic hydroxyl groups excluding tert-OH is 1. The molecule has 0 radical (unpaired) electrons. The minimum Gasteiger partial charge on any atom is -0.465 e. The molecule has 1 amide bonds. The maximum absolute atomic E-state index is 13.8. The predicted molar refractivity (Wildman–Crippen MR) is 148 cm³/mol. The van der Waals surface area contributed by atoms with Gasteiger partial charge in [0.05, 0.1) is 29.1 Å². The number of aliphatic hydroxyl groups is 1. The fraction of sp³-hybridized carbons (Fsp3) is 0.346. The number of amides is 1. The van der Waals surface area contributed by atoms with Crippen molar-refractivity contribution in [1.29, 1.82) is 0 Å². The lowest BCUT2D eigenvalue weighted by molar-refractivity contribution is 0.0341. The van der Waals surface area contributed by atoms with Crippen LogP contribution in [-0.2, 0) is 23.0 Å². The summed E-state index contributed by atoms with van der Waals surface area (Å²) in [6.45, 7) is 3.53. The molecule has 0 saturated carbocycles. The Morgan fingerprint density at radius 1 is 1.15 bits per heavy atom. The van der Waals surface area contributed by atoms with Gasteiger partial charge in [0.2, 0.25) is 10.0 Å². The highest BCUT2D eigenvalue weighted by Crippen LogP contribution is 2.26. The maximum atomic E-state index is 13.8. The molecule has 0 saturated heterocycles. The first-order valence-corrected chi connectivity index (χ1v) is 14.6. The number of rotatable bonds is 12. The fourth-order valence-corrected chi connectivity index (χ4v) is 6.59.